The molecule has 1 aliphatic heterocycles. The van der Waals surface area contributed by atoms with E-state index in [9.17, 15) is 4.79 Å². The number of nitrogens with zero attached hydrogens (tertiary/aromatic N) is 3. The maximum atomic E-state index is 12.6. The molecule has 3 heterocycles. The van der Waals surface area contributed by atoms with Crippen molar-refractivity contribution in [2.24, 2.45) is 0 Å². The number of piperidine rings is 1. The van der Waals surface area contributed by atoms with Crippen LogP contribution in [-0.4, -0.2) is 47.4 Å². The summed E-state index contributed by atoms with van der Waals surface area (Å²) in [6, 6.07) is 12.5. The summed E-state index contributed by atoms with van der Waals surface area (Å²) in [6.07, 6.45) is 2.03. The third kappa shape index (κ3) is 3.98. The topological polar surface area (TPSA) is 36.4 Å². The van der Waals surface area contributed by atoms with E-state index in [0.717, 1.165) is 38.0 Å². The summed E-state index contributed by atoms with van der Waals surface area (Å²) in [6.45, 7) is 3.01. The molecule has 0 N–H and O–H groups in total. The van der Waals surface area contributed by atoms with Gasteiger partial charge < -0.3 is 4.90 Å². The molecule has 2 aromatic heterocycles. The summed E-state index contributed by atoms with van der Waals surface area (Å²) in [4.78, 5) is 22.8. The van der Waals surface area contributed by atoms with Crippen molar-refractivity contribution in [1.82, 2.24) is 14.8 Å². The monoisotopic (exact) mass is 385 g/mol. The van der Waals surface area contributed by atoms with Crippen molar-refractivity contribution in [2.45, 2.75) is 25.3 Å². The van der Waals surface area contributed by atoms with E-state index in [1.807, 2.05) is 18.0 Å². The second kappa shape index (κ2) is 7.86. The van der Waals surface area contributed by atoms with E-state index in [1.165, 1.54) is 14.6 Å². The van der Waals surface area contributed by atoms with Gasteiger partial charge in [-0.25, -0.2) is 4.98 Å². The van der Waals surface area contributed by atoms with Gasteiger partial charge in [0.05, 0.1) is 21.8 Å². The maximum Gasteiger partial charge on any atom is 0.236 e. The van der Waals surface area contributed by atoms with Crippen LogP contribution in [0.2, 0.25) is 0 Å². The summed E-state index contributed by atoms with van der Waals surface area (Å²) < 4.78 is 1.26. The lowest BCUT2D eigenvalue weighted by Gasteiger charge is -2.32. The fourth-order valence-corrected chi connectivity index (χ4v) is 5.42. The number of hydrogen-bond acceptors (Lipinski definition) is 5. The molecule has 6 heteroatoms. The Labute approximate surface area is 162 Å². The molecule has 3 aromatic rings. The smallest absolute Gasteiger partial charge is 0.236 e. The molecular weight excluding hydrogens is 362 g/mol. The Morgan fingerprint density at radius 1 is 1.23 bits per heavy atom. The third-order valence-electron chi connectivity index (χ3n) is 4.92. The normalized spacial score (nSPS) is 15.8. The Morgan fingerprint density at radius 2 is 2.04 bits per heavy atom. The number of likely N-dealkylation sites (tertiary alicyclic amines) is 1. The number of thiophene rings is 1. The molecule has 4 nitrogen and oxygen atoms in total. The summed E-state index contributed by atoms with van der Waals surface area (Å²) in [5, 5.41) is 3.31. The van der Waals surface area contributed by atoms with Crippen LogP contribution in [-0.2, 0) is 11.3 Å². The van der Waals surface area contributed by atoms with Gasteiger partial charge in [0, 0.05) is 30.4 Å². The Hall–Kier alpha value is -1.76. The average Bonchev–Trinajstić information content (AvgIpc) is 3.31. The lowest BCUT2D eigenvalue weighted by Crippen LogP contribution is -2.42. The quantitative estimate of drug-likeness (QED) is 0.661. The van der Waals surface area contributed by atoms with E-state index < -0.39 is 0 Å². The zero-order valence-corrected chi connectivity index (χ0v) is 16.6. The molecule has 0 aliphatic carbocycles. The number of likely N-dealkylation sites (N-methyl/N-ethyl adjacent to an activating group) is 1. The SMILES string of the molecule is CN(CC(=O)N1CCC(c2nc3ccccc3s2)CC1)Cc1cccs1. The van der Waals surface area contributed by atoms with Crippen LogP contribution < -0.4 is 0 Å². The minimum absolute atomic E-state index is 0.242. The van der Waals surface area contributed by atoms with Gasteiger partial charge in [-0.1, -0.05) is 18.2 Å². The molecule has 0 bridgehead atoms. The maximum absolute atomic E-state index is 12.6. The van der Waals surface area contributed by atoms with Crippen molar-refractivity contribution in [2.75, 3.05) is 26.7 Å². The molecule has 0 spiro atoms. The lowest BCUT2D eigenvalue weighted by atomic mass is 9.97. The van der Waals surface area contributed by atoms with Gasteiger partial charge in [-0.15, -0.1) is 22.7 Å². The van der Waals surface area contributed by atoms with Crippen molar-refractivity contribution >= 4 is 38.8 Å². The zero-order valence-electron chi connectivity index (χ0n) is 14.9. The number of fused-ring (bicyclic) bond motifs is 1. The molecule has 0 saturated carbocycles. The van der Waals surface area contributed by atoms with Crippen molar-refractivity contribution in [3.05, 3.63) is 51.7 Å². The van der Waals surface area contributed by atoms with Gasteiger partial charge in [-0.3, -0.25) is 9.69 Å². The first-order valence-corrected chi connectivity index (χ1v) is 10.7. The summed E-state index contributed by atoms with van der Waals surface area (Å²) in [7, 11) is 2.02. The minimum atomic E-state index is 0.242. The number of aromatic nitrogens is 1. The summed E-state index contributed by atoms with van der Waals surface area (Å²) in [5.74, 6) is 0.729. The van der Waals surface area contributed by atoms with Crippen LogP contribution in [0, 0.1) is 0 Å². The molecule has 26 heavy (non-hydrogen) atoms. The lowest BCUT2D eigenvalue weighted by molar-refractivity contribution is -0.133. The molecule has 1 saturated heterocycles. The van der Waals surface area contributed by atoms with Crippen LogP contribution in [0.3, 0.4) is 0 Å². The van der Waals surface area contributed by atoms with E-state index in [-0.39, 0.29) is 5.91 Å². The number of amides is 1. The highest BCUT2D eigenvalue weighted by molar-refractivity contribution is 7.18. The van der Waals surface area contributed by atoms with Gasteiger partial charge in [0.15, 0.2) is 0 Å². The van der Waals surface area contributed by atoms with Gasteiger partial charge in [0.1, 0.15) is 0 Å². The molecular formula is C20H23N3OS2. The van der Waals surface area contributed by atoms with Gasteiger partial charge in [-0.2, -0.15) is 0 Å². The summed E-state index contributed by atoms with van der Waals surface area (Å²) in [5.41, 5.74) is 1.10. The highest BCUT2D eigenvalue weighted by Gasteiger charge is 2.26. The van der Waals surface area contributed by atoms with E-state index >= 15 is 0 Å². The Bertz CT molecular complexity index is 833. The zero-order chi connectivity index (χ0) is 17.9. The largest absolute Gasteiger partial charge is 0.342 e. The molecule has 0 unspecified atom stereocenters. The number of carbonyl (C=O) groups excluding carboxylic acids is 1. The second-order valence-electron chi connectivity index (χ2n) is 6.93. The molecule has 1 fully saturated rings. The van der Waals surface area contributed by atoms with E-state index in [4.69, 9.17) is 4.98 Å². The number of carbonyl (C=O) groups is 1. The van der Waals surface area contributed by atoms with Crippen LogP contribution in [0.1, 0.15) is 28.6 Å². The molecule has 1 aliphatic rings. The van der Waals surface area contributed by atoms with Gasteiger partial charge in [0.25, 0.3) is 0 Å². The predicted molar refractivity (Wildman–Crippen MR) is 109 cm³/mol. The summed E-state index contributed by atoms with van der Waals surface area (Å²) >= 11 is 3.55. The van der Waals surface area contributed by atoms with Crippen LogP contribution in [0.25, 0.3) is 10.2 Å². The Morgan fingerprint density at radius 3 is 2.77 bits per heavy atom. The number of thiazole rings is 1. The minimum Gasteiger partial charge on any atom is -0.342 e. The number of para-hydroxylation sites is 1. The van der Waals surface area contributed by atoms with Gasteiger partial charge in [0.2, 0.25) is 5.91 Å². The molecule has 0 atom stereocenters. The van der Waals surface area contributed by atoms with Crippen molar-refractivity contribution in [1.29, 1.82) is 0 Å². The van der Waals surface area contributed by atoms with E-state index in [1.54, 1.807) is 22.7 Å². The molecule has 136 valence electrons. The second-order valence-corrected chi connectivity index (χ2v) is 9.02. The van der Waals surface area contributed by atoms with Gasteiger partial charge >= 0.3 is 0 Å². The predicted octanol–water partition coefficient (Wildman–Crippen LogP) is 4.20. The first-order valence-electron chi connectivity index (χ1n) is 9.03. The van der Waals surface area contributed by atoms with E-state index in [0.29, 0.717) is 12.5 Å². The highest BCUT2D eigenvalue weighted by Crippen LogP contribution is 2.33. The molecule has 1 amide bonds. The third-order valence-corrected chi connectivity index (χ3v) is 6.98. The number of hydrogen-bond donors (Lipinski definition) is 0. The number of rotatable bonds is 5. The first-order chi connectivity index (χ1) is 12.7. The van der Waals surface area contributed by atoms with Crippen LogP contribution >= 0.6 is 22.7 Å². The van der Waals surface area contributed by atoms with Gasteiger partial charge in [-0.05, 0) is 43.5 Å². The fraction of sp³-hybridized carbons (Fsp3) is 0.400. The molecule has 0 radical (unpaired) electrons. The van der Waals surface area contributed by atoms with Crippen molar-refractivity contribution in [3.63, 3.8) is 0 Å². The molecule has 1 aromatic carbocycles. The van der Waals surface area contributed by atoms with E-state index in [2.05, 4.69) is 40.6 Å². The van der Waals surface area contributed by atoms with Crippen molar-refractivity contribution < 1.29 is 4.79 Å². The first kappa shape index (κ1) is 17.6. The van der Waals surface area contributed by atoms with Crippen LogP contribution in [0.5, 0.6) is 0 Å². The fourth-order valence-electron chi connectivity index (χ4n) is 3.50. The molecule has 4 rings (SSSR count). The van der Waals surface area contributed by atoms with Crippen LogP contribution in [0.4, 0.5) is 0 Å². The van der Waals surface area contributed by atoms with Crippen LogP contribution in [0.15, 0.2) is 41.8 Å². The number of benzene rings is 1. The van der Waals surface area contributed by atoms with Crippen molar-refractivity contribution in [3.8, 4) is 0 Å². The highest BCUT2D eigenvalue weighted by atomic mass is 32.1. The average molecular weight is 386 g/mol. The Kier molecular flexibility index (Phi) is 5.33. The Balaban J connectivity index is 1.30. The standard InChI is InChI=1S/C20H23N3OS2/c1-22(13-16-5-4-12-25-16)14-19(24)23-10-8-15(9-11-23)20-21-17-6-2-3-7-18(17)26-20/h2-7,12,15H,8-11,13-14H2,1H3.